The third-order valence-electron chi connectivity index (χ3n) is 5.16. The number of benzene rings is 2. The number of nitrogens with one attached hydrogen (secondary N) is 2. The van der Waals surface area contributed by atoms with E-state index >= 15 is 0 Å². The molecule has 0 spiro atoms. The average Bonchev–Trinajstić information content (AvgIpc) is 3.40. The number of amides is 2. The highest BCUT2D eigenvalue weighted by Crippen LogP contribution is 2.32. The maximum absolute atomic E-state index is 12.9. The quantitative estimate of drug-likeness (QED) is 0.357. The predicted molar refractivity (Wildman–Crippen MR) is 111 cm³/mol. The smallest absolute Gasteiger partial charge is 0.416 e. The van der Waals surface area contributed by atoms with Crippen molar-refractivity contribution < 1.29 is 27.2 Å². The van der Waals surface area contributed by atoms with Gasteiger partial charge in [0.25, 0.3) is 5.91 Å². The molecule has 1 saturated heterocycles. The van der Waals surface area contributed by atoms with E-state index in [0.717, 1.165) is 17.7 Å². The molecule has 1 aromatic heterocycles. The number of carbonyl (C=O) groups excluding carboxylic acids is 2. The van der Waals surface area contributed by atoms with Gasteiger partial charge in [0.2, 0.25) is 5.91 Å². The largest absolute Gasteiger partial charge is 0.455 e. The standard InChI is InChI=1S/C23H18F3N3O3/c24-23(25,26)16-8-4-7-15(11-16)19-10-9-17(32-19)12-28-29-22(31)20-18(13-27-21(20)30)14-5-2-1-3-6-14/h1-12,18,20H,13H2,(H,27,30)(H,29,31)/b28-12-/t18-,20+/m1/s1. The van der Waals surface area contributed by atoms with Crippen LogP contribution in [0.4, 0.5) is 13.2 Å². The van der Waals surface area contributed by atoms with E-state index in [9.17, 15) is 22.8 Å². The Morgan fingerprint density at radius 1 is 1.09 bits per heavy atom. The minimum Gasteiger partial charge on any atom is -0.455 e. The van der Waals surface area contributed by atoms with Gasteiger partial charge in [-0.25, -0.2) is 5.43 Å². The van der Waals surface area contributed by atoms with Crippen LogP contribution in [0.2, 0.25) is 0 Å². The number of halogens is 3. The van der Waals surface area contributed by atoms with Crippen LogP contribution in [-0.4, -0.2) is 24.6 Å². The van der Waals surface area contributed by atoms with Crippen LogP contribution in [-0.2, 0) is 15.8 Å². The molecule has 2 aromatic carbocycles. The topological polar surface area (TPSA) is 83.7 Å². The Morgan fingerprint density at radius 3 is 2.62 bits per heavy atom. The zero-order valence-electron chi connectivity index (χ0n) is 16.6. The van der Waals surface area contributed by atoms with Gasteiger partial charge in [0.1, 0.15) is 17.4 Å². The molecule has 0 radical (unpaired) electrons. The third-order valence-corrected chi connectivity index (χ3v) is 5.16. The molecule has 2 amide bonds. The van der Waals surface area contributed by atoms with Gasteiger partial charge in [0.05, 0.1) is 11.8 Å². The molecule has 6 nitrogen and oxygen atoms in total. The summed E-state index contributed by atoms with van der Waals surface area (Å²) in [6, 6.07) is 17.0. The van der Waals surface area contributed by atoms with Crippen LogP contribution in [0, 0.1) is 5.92 Å². The molecule has 32 heavy (non-hydrogen) atoms. The molecular formula is C23H18F3N3O3. The average molecular weight is 441 g/mol. The van der Waals surface area contributed by atoms with E-state index in [0.29, 0.717) is 6.54 Å². The summed E-state index contributed by atoms with van der Waals surface area (Å²) in [6.45, 7) is 0.350. The van der Waals surface area contributed by atoms with Crippen molar-refractivity contribution in [2.24, 2.45) is 11.0 Å². The van der Waals surface area contributed by atoms with E-state index < -0.39 is 23.6 Å². The first-order valence-corrected chi connectivity index (χ1v) is 9.76. The van der Waals surface area contributed by atoms with E-state index in [2.05, 4.69) is 15.8 Å². The van der Waals surface area contributed by atoms with E-state index in [4.69, 9.17) is 4.42 Å². The van der Waals surface area contributed by atoms with Crippen molar-refractivity contribution in [1.29, 1.82) is 0 Å². The fraction of sp³-hybridized carbons (Fsp3) is 0.174. The molecule has 2 atom stereocenters. The van der Waals surface area contributed by atoms with Crippen LogP contribution in [0.3, 0.4) is 0 Å². The van der Waals surface area contributed by atoms with Gasteiger partial charge in [-0.15, -0.1) is 0 Å². The van der Waals surface area contributed by atoms with Crippen molar-refractivity contribution in [2.75, 3.05) is 6.54 Å². The molecule has 1 aliphatic rings. The van der Waals surface area contributed by atoms with Crippen molar-refractivity contribution in [3.63, 3.8) is 0 Å². The normalized spacial score (nSPS) is 18.7. The number of hydrazone groups is 1. The zero-order valence-corrected chi connectivity index (χ0v) is 16.6. The van der Waals surface area contributed by atoms with Crippen molar-refractivity contribution in [2.45, 2.75) is 12.1 Å². The molecule has 3 aromatic rings. The van der Waals surface area contributed by atoms with Crippen LogP contribution in [0.5, 0.6) is 0 Å². The molecular weight excluding hydrogens is 423 g/mol. The van der Waals surface area contributed by atoms with Crippen molar-refractivity contribution in [1.82, 2.24) is 10.7 Å². The van der Waals surface area contributed by atoms with Crippen molar-refractivity contribution in [3.8, 4) is 11.3 Å². The Hall–Kier alpha value is -3.88. The molecule has 0 unspecified atom stereocenters. The first kappa shape index (κ1) is 21.4. The Bertz CT molecular complexity index is 1160. The molecule has 164 valence electrons. The van der Waals surface area contributed by atoms with Gasteiger partial charge in [-0.2, -0.15) is 18.3 Å². The van der Waals surface area contributed by atoms with Crippen LogP contribution < -0.4 is 10.7 Å². The van der Waals surface area contributed by atoms with Crippen LogP contribution in [0.15, 0.2) is 76.2 Å². The lowest BCUT2D eigenvalue weighted by Gasteiger charge is -2.15. The lowest BCUT2D eigenvalue weighted by Crippen LogP contribution is -2.34. The van der Waals surface area contributed by atoms with Crippen molar-refractivity contribution >= 4 is 18.0 Å². The molecule has 0 bridgehead atoms. The molecule has 2 heterocycles. The predicted octanol–water partition coefficient (Wildman–Crippen LogP) is 3.95. The lowest BCUT2D eigenvalue weighted by molar-refractivity contribution is -0.137. The molecule has 4 rings (SSSR count). The van der Waals surface area contributed by atoms with Crippen LogP contribution >= 0.6 is 0 Å². The highest BCUT2D eigenvalue weighted by molar-refractivity contribution is 6.03. The Kier molecular flexibility index (Phi) is 5.81. The fourth-order valence-corrected chi connectivity index (χ4v) is 3.59. The molecule has 0 saturated carbocycles. The van der Waals surface area contributed by atoms with Crippen LogP contribution in [0.25, 0.3) is 11.3 Å². The monoisotopic (exact) mass is 441 g/mol. The van der Waals surface area contributed by atoms with Gasteiger partial charge < -0.3 is 9.73 Å². The summed E-state index contributed by atoms with van der Waals surface area (Å²) in [6.07, 6.45) is -3.24. The molecule has 1 fully saturated rings. The number of hydrogen-bond donors (Lipinski definition) is 2. The summed E-state index contributed by atoms with van der Waals surface area (Å²) < 4.78 is 44.2. The highest BCUT2D eigenvalue weighted by Gasteiger charge is 2.41. The van der Waals surface area contributed by atoms with E-state index in [-0.39, 0.29) is 28.9 Å². The number of nitrogens with zero attached hydrogens (tertiary/aromatic N) is 1. The maximum atomic E-state index is 12.9. The Morgan fingerprint density at radius 2 is 1.88 bits per heavy atom. The minimum absolute atomic E-state index is 0.225. The number of furan rings is 1. The van der Waals surface area contributed by atoms with E-state index in [1.165, 1.54) is 30.5 Å². The zero-order chi connectivity index (χ0) is 22.7. The molecule has 9 heteroatoms. The highest BCUT2D eigenvalue weighted by atomic mass is 19.4. The molecule has 1 aliphatic heterocycles. The SMILES string of the molecule is O=C1NC[C@H](c2ccccc2)[C@@H]1C(=O)N/N=C\c1ccc(-c2cccc(C(F)(F)F)c2)o1. The summed E-state index contributed by atoms with van der Waals surface area (Å²) in [4.78, 5) is 24.7. The van der Waals surface area contributed by atoms with Gasteiger partial charge in [-0.05, 0) is 29.8 Å². The third kappa shape index (κ3) is 4.56. The van der Waals surface area contributed by atoms with Gasteiger partial charge in [-0.1, -0.05) is 42.5 Å². The second-order valence-corrected chi connectivity index (χ2v) is 7.25. The fourth-order valence-electron chi connectivity index (χ4n) is 3.59. The summed E-state index contributed by atoms with van der Waals surface area (Å²) in [5.74, 6) is -1.72. The Labute approximate surface area is 181 Å². The molecule has 2 N–H and O–H groups in total. The van der Waals surface area contributed by atoms with Gasteiger partial charge in [0, 0.05) is 18.0 Å². The first-order chi connectivity index (χ1) is 15.3. The first-order valence-electron chi connectivity index (χ1n) is 9.76. The number of carbonyl (C=O) groups is 2. The molecule has 0 aliphatic carbocycles. The van der Waals surface area contributed by atoms with Crippen molar-refractivity contribution in [3.05, 3.63) is 83.6 Å². The lowest BCUT2D eigenvalue weighted by atomic mass is 9.88. The Balaban J connectivity index is 1.43. The number of rotatable bonds is 5. The van der Waals surface area contributed by atoms with Gasteiger partial charge >= 0.3 is 6.18 Å². The second kappa shape index (κ2) is 8.70. The number of alkyl halides is 3. The summed E-state index contributed by atoms with van der Waals surface area (Å²) >= 11 is 0. The maximum Gasteiger partial charge on any atom is 0.416 e. The van der Waals surface area contributed by atoms with Crippen LogP contribution in [0.1, 0.15) is 22.8 Å². The summed E-state index contributed by atoms with van der Waals surface area (Å²) in [5.41, 5.74) is 2.69. The van der Waals surface area contributed by atoms with Gasteiger partial charge in [0.15, 0.2) is 0 Å². The van der Waals surface area contributed by atoms with Gasteiger partial charge in [-0.3, -0.25) is 9.59 Å². The summed E-state index contributed by atoms with van der Waals surface area (Å²) in [7, 11) is 0. The second-order valence-electron chi connectivity index (χ2n) is 7.25. The minimum atomic E-state index is -4.46. The summed E-state index contributed by atoms with van der Waals surface area (Å²) in [5, 5.41) is 6.53. The van der Waals surface area contributed by atoms with E-state index in [1.54, 1.807) is 0 Å². The number of hydrogen-bond acceptors (Lipinski definition) is 4. The van der Waals surface area contributed by atoms with E-state index in [1.807, 2.05) is 30.3 Å².